The zero-order chi connectivity index (χ0) is 32.4. The van der Waals surface area contributed by atoms with Crippen molar-refractivity contribution in [3.05, 3.63) is 141 Å². The highest BCUT2D eigenvalue weighted by Gasteiger charge is 2.34. The van der Waals surface area contributed by atoms with Crippen molar-refractivity contribution in [2.75, 3.05) is 10.6 Å². The molecular formula is C37H36FN5O2S. The maximum Gasteiger partial charge on any atom is 0.255 e. The van der Waals surface area contributed by atoms with Crippen molar-refractivity contribution < 1.29 is 13.9 Å². The van der Waals surface area contributed by atoms with Gasteiger partial charge in [-0.05, 0) is 104 Å². The third kappa shape index (κ3) is 6.70. The Bertz CT molecular complexity index is 1950. The molecule has 46 heavy (non-hydrogen) atoms. The molecule has 2 heterocycles. The number of hydrogen-bond acceptors (Lipinski definition) is 6. The average molecular weight is 634 g/mol. The molecule has 0 saturated heterocycles. The number of amides is 1. The zero-order valence-electron chi connectivity index (χ0n) is 26.5. The average Bonchev–Trinajstić information content (AvgIpc) is 3.43. The number of halogens is 1. The van der Waals surface area contributed by atoms with E-state index in [2.05, 4.69) is 43.5 Å². The number of aryl methyl sites for hydroxylation is 4. The molecule has 0 saturated carbocycles. The van der Waals surface area contributed by atoms with Crippen LogP contribution in [0.15, 0.2) is 101 Å². The molecule has 9 heteroatoms. The van der Waals surface area contributed by atoms with Crippen molar-refractivity contribution in [1.29, 1.82) is 0 Å². The molecule has 234 valence electrons. The number of aromatic nitrogens is 3. The highest BCUT2D eigenvalue weighted by atomic mass is 32.2. The zero-order valence-corrected chi connectivity index (χ0v) is 27.3. The highest BCUT2D eigenvalue weighted by Crippen LogP contribution is 2.38. The first-order valence-corrected chi connectivity index (χ1v) is 16.1. The number of benzene rings is 4. The molecule has 0 bridgehead atoms. The van der Waals surface area contributed by atoms with Gasteiger partial charge in [0.25, 0.3) is 5.91 Å². The maximum atomic E-state index is 14.3. The largest absolute Gasteiger partial charge is 0.489 e. The van der Waals surface area contributed by atoms with Gasteiger partial charge in [0.1, 0.15) is 24.2 Å². The third-order valence-corrected chi connectivity index (χ3v) is 9.10. The summed E-state index contributed by atoms with van der Waals surface area (Å²) in [7, 11) is 0. The van der Waals surface area contributed by atoms with E-state index in [9.17, 15) is 9.18 Å². The SMILES string of the molecule is CC1=C(C(=O)Nc2cccc(C)c2)C(c2ccc(OCc3cc(C)c(C)cc3C)cc2)n2nc(SCc3ccccc3F)nc2N1. The van der Waals surface area contributed by atoms with Crippen LogP contribution in [0.4, 0.5) is 16.0 Å². The number of nitrogens with one attached hydrogen (secondary N) is 2. The Morgan fingerprint density at radius 2 is 1.67 bits per heavy atom. The van der Waals surface area contributed by atoms with Crippen LogP contribution in [-0.4, -0.2) is 20.7 Å². The highest BCUT2D eigenvalue weighted by molar-refractivity contribution is 7.98. The summed E-state index contributed by atoms with van der Waals surface area (Å²) in [6.45, 7) is 10.6. The molecule has 7 nitrogen and oxygen atoms in total. The minimum atomic E-state index is -0.563. The van der Waals surface area contributed by atoms with Crippen molar-refractivity contribution in [3.8, 4) is 5.75 Å². The number of anilines is 2. The van der Waals surface area contributed by atoms with Gasteiger partial charge in [0, 0.05) is 17.1 Å². The Labute approximate surface area is 272 Å². The van der Waals surface area contributed by atoms with Crippen LogP contribution in [0, 0.1) is 33.5 Å². The molecule has 1 amide bonds. The van der Waals surface area contributed by atoms with E-state index in [4.69, 9.17) is 14.8 Å². The van der Waals surface area contributed by atoms with Gasteiger partial charge in [0.15, 0.2) is 0 Å². The number of rotatable bonds is 9. The number of carbonyl (C=O) groups is 1. The van der Waals surface area contributed by atoms with Crippen LogP contribution in [0.5, 0.6) is 5.75 Å². The molecule has 6 rings (SSSR count). The fourth-order valence-corrected chi connectivity index (χ4v) is 6.37. The molecule has 5 aromatic rings. The van der Waals surface area contributed by atoms with Crippen LogP contribution < -0.4 is 15.4 Å². The second-order valence-corrected chi connectivity index (χ2v) is 12.6. The fraction of sp³-hybridized carbons (Fsp3) is 0.216. The first kappa shape index (κ1) is 31.1. The number of allylic oxidation sites excluding steroid dienone is 1. The third-order valence-electron chi connectivity index (χ3n) is 8.21. The molecule has 4 aromatic carbocycles. The van der Waals surface area contributed by atoms with Gasteiger partial charge in [0.2, 0.25) is 11.1 Å². The quantitative estimate of drug-likeness (QED) is 0.159. The lowest BCUT2D eigenvalue weighted by molar-refractivity contribution is -0.113. The molecule has 0 aliphatic carbocycles. The van der Waals surface area contributed by atoms with Crippen molar-refractivity contribution >= 4 is 29.3 Å². The van der Waals surface area contributed by atoms with Gasteiger partial charge in [-0.1, -0.05) is 66.4 Å². The smallest absolute Gasteiger partial charge is 0.255 e. The predicted molar refractivity (Wildman–Crippen MR) is 182 cm³/mol. The van der Waals surface area contributed by atoms with Crippen molar-refractivity contribution in [1.82, 2.24) is 14.8 Å². The predicted octanol–water partition coefficient (Wildman–Crippen LogP) is 8.45. The number of carbonyl (C=O) groups excluding carboxylic acids is 1. The van der Waals surface area contributed by atoms with E-state index >= 15 is 0 Å². The van der Waals surface area contributed by atoms with Crippen LogP contribution in [0.2, 0.25) is 0 Å². The van der Waals surface area contributed by atoms with E-state index in [0.29, 0.717) is 46.0 Å². The van der Waals surface area contributed by atoms with Gasteiger partial charge >= 0.3 is 0 Å². The van der Waals surface area contributed by atoms with E-state index in [1.807, 2.05) is 68.4 Å². The van der Waals surface area contributed by atoms with Crippen LogP contribution in [0.1, 0.15) is 51.9 Å². The summed E-state index contributed by atoms with van der Waals surface area (Å²) in [6.07, 6.45) is 0. The number of fused-ring (bicyclic) bond motifs is 1. The van der Waals surface area contributed by atoms with Crippen LogP contribution in [0.3, 0.4) is 0 Å². The minimum absolute atomic E-state index is 0.243. The van der Waals surface area contributed by atoms with E-state index in [0.717, 1.165) is 22.4 Å². The molecule has 1 unspecified atom stereocenters. The monoisotopic (exact) mass is 633 g/mol. The Balaban J connectivity index is 1.30. The lowest BCUT2D eigenvalue weighted by Crippen LogP contribution is -2.31. The first-order chi connectivity index (χ1) is 22.2. The van der Waals surface area contributed by atoms with Gasteiger partial charge in [-0.2, -0.15) is 4.98 Å². The van der Waals surface area contributed by atoms with Gasteiger partial charge < -0.3 is 15.4 Å². The standard InChI is InChI=1S/C37H36FN5O2S/c1-22-9-8-11-30(17-22)40-35(44)33-26(5)39-36-41-37(46-21-28-10-6-7-12-32(28)38)42-43(36)34(33)27-13-15-31(16-14-27)45-20-29-19-24(3)23(2)18-25(29)4/h6-19,34H,20-21H2,1-5H3,(H,40,44)(H,39,41,42). The number of thioether (sulfide) groups is 1. The van der Waals surface area contributed by atoms with E-state index in [1.165, 1.54) is 34.5 Å². The number of nitrogens with zero attached hydrogens (tertiary/aromatic N) is 3. The van der Waals surface area contributed by atoms with Gasteiger partial charge in [-0.3, -0.25) is 4.79 Å². The van der Waals surface area contributed by atoms with Gasteiger partial charge in [0.05, 0.1) is 5.57 Å². The van der Waals surface area contributed by atoms with Crippen molar-refractivity contribution in [3.63, 3.8) is 0 Å². The normalized spacial score (nSPS) is 14.1. The Kier molecular flexibility index (Phi) is 8.94. The summed E-state index contributed by atoms with van der Waals surface area (Å²) in [5, 5.41) is 11.6. The molecular weight excluding hydrogens is 598 g/mol. The molecule has 0 radical (unpaired) electrons. The molecule has 1 aliphatic rings. The molecule has 2 N–H and O–H groups in total. The summed E-state index contributed by atoms with van der Waals surface area (Å²) in [4.78, 5) is 18.6. The van der Waals surface area contributed by atoms with Crippen LogP contribution >= 0.6 is 11.8 Å². The Morgan fingerprint density at radius 1 is 0.913 bits per heavy atom. The summed E-state index contributed by atoms with van der Waals surface area (Å²) < 4.78 is 22.2. The molecule has 0 fully saturated rings. The second-order valence-electron chi connectivity index (χ2n) is 11.7. The summed E-state index contributed by atoms with van der Waals surface area (Å²) in [5.41, 5.74) is 9.21. The molecule has 1 atom stereocenters. The number of ether oxygens (including phenoxy) is 1. The Morgan fingerprint density at radius 3 is 2.43 bits per heavy atom. The molecule has 0 spiro atoms. The van der Waals surface area contributed by atoms with Crippen LogP contribution in [0.25, 0.3) is 0 Å². The van der Waals surface area contributed by atoms with Crippen molar-refractivity contribution in [2.45, 2.75) is 58.2 Å². The lowest BCUT2D eigenvalue weighted by Gasteiger charge is -2.28. The fourth-order valence-electron chi connectivity index (χ4n) is 5.56. The maximum absolute atomic E-state index is 14.3. The topological polar surface area (TPSA) is 81.1 Å². The van der Waals surface area contributed by atoms with Gasteiger partial charge in [-0.15, -0.1) is 5.10 Å². The lowest BCUT2D eigenvalue weighted by atomic mass is 9.95. The van der Waals surface area contributed by atoms with Crippen LogP contribution in [-0.2, 0) is 17.2 Å². The second kappa shape index (κ2) is 13.2. The first-order valence-electron chi connectivity index (χ1n) is 15.1. The van der Waals surface area contributed by atoms with E-state index in [-0.39, 0.29) is 11.7 Å². The minimum Gasteiger partial charge on any atom is -0.489 e. The van der Waals surface area contributed by atoms with E-state index in [1.54, 1.807) is 16.8 Å². The molecule has 1 aromatic heterocycles. The van der Waals surface area contributed by atoms with Crippen molar-refractivity contribution in [2.24, 2.45) is 0 Å². The van der Waals surface area contributed by atoms with E-state index < -0.39 is 6.04 Å². The summed E-state index contributed by atoms with van der Waals surface area (Å²) in [6, 6.07) is 25.9. The Hall–Kier alpha value is -4.89. The number of hydrogen-bond donors (Lipinski definition) is 2. The molecule has 1 aliphatic heterocycles. The van der Waals surface area contributed by atoms with Gasteiger partial charge in [-0.25, -0.2) is 9.07 Å². The summed E-state index contributed by atoms with van der Waals surface area (Å²) >= 11 is 1.34. The summed E-state index contributed by atoms with van der Waals surface area (Å²) in [5.74, 6) is 1.10.